The van der Waals surface area contributed by atoms with Crippen LogP contribution in [0.3, 0.4) is 0 Å². The normalized spacial score (nSPS) is 19.4. The molecule has 2 aromatic carbocycles. The molecule has 5 nitrogen and oxygen atoms in total. The summed E-state index contributed by atoms with van der Waals surface area (Å²) in [6.45, 7) is 7.00. The van der Waals surface area contributed by atoms with E-state index in [-0.39, 0.29) is 18.5 Å². The first-order valence-electron chi connectivity index (χ1n) is 10.8. The van der Waals surface area contributed by atoms with Crippen molar-refractivity contribution >= 4 is 11.0 Å². The smallest absolute Gasteiger partial charge is 0.170 e. The first kappa shape index (κ1) is 19.7. The maximum absolute atomic E-state index is 13.4. The fourth-order valence-corrected chi connectivity index (χ4v) is 5.14. The molecule has 1 N–H and O–H groups in total. The molecule has 3 heterocycles. The van der Waals surface area contributed by atoms with E-state index in [1.54, 1.807) is 6.07 Å². The average Bonchev–Trinajstić information content (AvgIpc) is 3.36. The molecule has 1 aromatic heterocycles. The second-order valence-corrected chi connectivity index (χ2v) is 8.74. The zero-order chi connectivity index (χ0) is 20.7. The Morgan fingerprint density at radius 1 is 1.20 bits per heavy atom. The third kappa shape index (κ3) is 3.64. The lowest BCUT2D eigenvalue weighted by atomic mass is 9.91. The number of aromatic nitrogens is 1. The van der Waals surface area contributed by atoms with E-state index in [9.17, 15) is 9.50 Å². The van der Waals surface area contributed by atoms with Gasteiger partial charge in [-0.1, -0.05) is 23.4 Å². The Hall–Kier alpha value is -2.28. The topological polar surface area (TPSA) is 52.7 Å². The third-order valence-electron chi connectivity index (χ3n) is 6.86. The van der Waals surface area contributed by atoms with Crippen LogP contribution >= 0.6 is 0 Å². The maximum Gasteiger partial charge on any atom is 0.170 e. The van der Waals surface area contributed by atoms with Gasteiger partial charge in [0.05, 0.1) is 12.3 Å². The number of aliphatic hydroxyl groups is 1. The monoisotopic (exact) mass is 409 g/mol. The van der Waals surface area contributed by atoms with Crippen LogP contribution in [-0.4, -0.2) is 52.3 Å². The lowest BCUT2D eigenvalue weighted by molar-refractivity contribution is 0.0672. The molecule has 0 spiro atoms. The number of benzene rings is 2. The molecule has 30 heavy (non-hydrogen) atoms. The Balaban J connectivity index is 1.22. The van der Waals surface area contributed by atoms with Crippen molar-refractivity contribution < 1.29 is 14.0 Å². The zero-order valence-corrected chi connectivity index (χ0v) is 17.4. The minimum absolute atomic E-state index is 0.142. The molecule has 3 aromatic rings. The second kappa shape index (κ2) is 8.10. The van der Waals surface area contributed by atoms with E-state index in [2.05, 4.69) is 40.1 Å². The summed E-state index contributed by atoms with van der Waals surface area (Å²) >= 11 is 0. The Kier molecular flexibility index (Phi) is 5.31. The average molecular weight is 410 g/mol. The quantitative estimate of drug-likeness (QED) is 0.694. The highest BCUT2D eigenvalue weighted by Crippen LogP contribution is 2.34. The van der Waals surface area contributed by atoms with Crippen LogP contribution in [0.1, 0.15) is 41.1 Å². The molecule has 0 aliphatic carbocycles. The molecule has 158 valence electrons. The van der Waals surface area contributed by atoms with E-state index in [1.807, 2.05) is 0 Å². The van der Waals surface area contributed by atoms with E-state index in [0.29, 0.717) is 11.5 Å². The highest BCUT2D eigenvalue weighted by atomic mass is 19.1. The standard InChI is InChI=1S/C24H28FN3O2/c1-16-3-2-4-18-12-27(14-22(16)18)13-20(15-29)28-9-7-17(8-10-28)24-21-6-5-19(25)11-23(21)30-26-24/h2-6,11,17,20,29H,7-10,12-15H2,1H3. The van der Waals surface area contributed by atoms with Gasteiger partial charge in [-0.3, -0.25) is 9.80 Å². The number of nitrogens with zero attached hydrogens (tertiary/aromatic N) is 3. The van der Waals surface area contributed by atoms with Crippen molar-refractivity contribution in [2.24, 2.45) is 0 Å². The Bertz CT molecular complexity index is 1040. The van der Waals surface area contributed by atoms with E-state index >= 15 is 0 Å². The Labute approximate surface area is 176 Å². The number of piperidine rings is 1. The molecular weight excluding hydrogens is 381 g/mol. The highest BCUT2D eigenvalue weighted by molar-refractivity contribution is 5.79. The van der Waals surface area contributed by atoms with Crippen molar-refractivity contribution in [3.05, 3.63) is 64.6 Å². The van der Waals surface area contributed by atoms with Gasteiger partial charge >= 0.3 is 0 Å². The summed E-state index contributed by atoms with van der Waals surface area (Å²) < 4.78 is 18.8. The minimum Gasteiger partial charge on any atom is -0.395 e. The maximum atomic E-state index is 13.4. The fourth-order valence-electron chi connectivity index (χ4n) is 5.14. The van der Waals surface area contributed by atoms with Crippen molar-refractivity contribution in [3.63, 3.8) is 0 Å². The first-order chi connectivity index (χ1) is 14.6. The predicted molar refractivity (Wildman–Crippen MR) is 114 cm³/mol. The van der Waals surface area contributed by atoms with Crippen molar-refractivity contribution in [2.45, 2.75) is 44.8 Å². The van der Waals surface area contributed by atoms with Gasteiger partial charge in [0.25, 0.3) is 0 Å². The summed E-state index contributed by atoms with van der Waals surface area (Å²) in [5.74, 6) is 0.0102. The van der Waals surface area contributed by atoms with Crippen LogP contribution in [-0.2, 0) is 13.1 Å². The van der Waals surface area contributed by atoms with E-state index in [0.717, 1.165) is 56.6 Å². The van der Waals surface area contributed by atoms with Gasteiger partial charge in [0.2, 0.25) is 0 Å². The number of halogens is 1. The van der Waals surface area contributed by atoms with Gasteiger partial charge in [-0.05, 0) is 61.7 Å². The van der Waals surface area contributed by atoms with E-state index < -0.39 is 0 Å². The SMILES string of the molecule is Cc1cccc2c1CN(CC(CO)N1CCC(c3noc4cc(F)ccc34)CC1)C2. The van der Waals surface area contributed by atoms with Crippen LogP contribution in [0.5, 0.6) is 0 Å². The van der Waals surface area contributed by atoms with Crippen LogP contribution < -0.4 is 0 Å². The molecule has 2 aliphatic rings. The number of likely N-dealkylation sites (tertiary alicyclic amines) is 1. The fraction of sp³-hybridized carbons (Fsp3) is 0.458. The lowest BCUT2D eigenvalue weighted by Gasteiger charge is -2.38. The molecule has 0 saturated carbocycles. The number of aryl methyl sites for hydroxylation is 1. The summed E-state index contributed by atoms with van der Waals surface area (Å²) in [5.41, 5.74) is 5.68. The molecule has 1 saturated heterocycles. The van der Waals surface area contributed by atoms with Crippen LogP contribution in [0.4, 0.5) is 4.39 Å². The van der Waals surface area contributed by atoms with Gasteiger partial charge in [-0.2, -0.15) is 0 Å². The van der Waals surface area contributed by atoms with E-state index in [1.165, 1.54) is 28.8 Å². The molecule has 1 unspecified atom stereocenters. The molecule has 1 atom stereocenters. The summed E-state index contributed by atoms with van der Waals surface area (Å²) in [5, 5.41) is 15.3. The number of hydrogen-bond acceptors (Lipinski definition) is 5. The number of fused-ring (bicyclic) bond motifs is 2. The minimum atomic E-state index is -0.301. The number of aliphatic hydroxyl groups excluding tert-OH is 1. The Morgan fingerprint density at radius 2 is 2.03 bits per heavy atom. The van der Waals surface area contributed by atoms with Gasteiger partial charge in [0.15, 0.2) is 5.58 Å². The highest BCUT2D eigenvalue weighted by Gasteiger charge is 2.30. The number of hydrogen-bond donors (Lipinski definition) is 1. The molecule has 0 bridgehead atoms. The molecular formula is C24H28FN3O2. The molecule has 6 heteroatoms. The lowest BCUT2D eigenvalue weighted by Crippen LogP contribution is -2.48. The predicted octanol–water partition coefficient (Wildman–Crippen LogP) is 3.83. The second-order valence-electron chi connectivity index (χ2n) is 8.74. The van der Waals surface area contributed by atoms with Crippen molar-refractivity contribution in [1.29, 1.82) is 0 Å². The summed E-state index contributed by atoms with van der Waals surface area (Å²) in [6.07, 6.45) is 1.93. The summed E-state index contributed by atoms with van der Waals surface area (Å²) in [6, 6.07) is 11.3. The summed E-state index contributed by atoms with van der Waals surface area (Å²) in [7, 11) is 0. The van der Waals surface area contributed by atoms with Crippen LogP contribution in [0.2, 0.25) is 0 Å². The molecule has 0 amide bonds. The Morgan fingerprint density at radius 3 is 2.80 bits per heavy atom. The number of rotatable bonds is 5. The van der Waals surface area contributed by atoms with Crippen molar-refractivity contribution in [1.82, 2.24) is 15.0 Å². The van der Waals surface area contributed by atoms with Crippen molar-refractivity contribution in [2.75, 3.05) is 26.2 Å². The third-order valence-corrected chi connectivity index (χ3v) is 6.86. The van der Waals surface area contributed by atoms with Gasteiger partial charge in [0.1, 0.15) is 5.82 Å². The van der Waals surface area contributed by atoms with E-state index in [4.69, 9.17) is 4.52 Å². The van der Waals surface area contributed by atoms with Gasteiger partial charge in [-0.15, -0.1) is 0 Å². The van der Waals surface area contributed by atoms with Crippen LogP contribution in [0, 0.1) is 12.7 Å². The summed E-state index contributed by atoms with van der Waals surface area (Å²) in [4.78, 5) is 4.86. The first-order valence-corrected chi connectivity index (χ1v) is 10.8. The molecule has 2 aliphatic heterocycles. The van der Waals surface area contributed by atoms with Gasteiger partial charge in [0, 0.05) is 43.0 Å². The largest absolute Gasteiger partial charge is 0.395 e. The van der Waals surface area contributed by atoms with Crippen LogP contribution in [0.25, 0.3) is 11.0 Å². The molecule has 5 rings (SSSR count). The zero-order valence-electron chi connectivity index (χ0n) is 17.4. The molecule has 0 radical (unpaired) electrons. The van der Waals surface area contributed by atoms with Gasteiger partial charge in [-0.25, -0.2) is 4.39 Å². The molecule has 1 fully saturated rings. The van der Waals surface area contributed by atoms with Crippen molar-refractivity contribution in [3.8, 4) is 0 Å². The van der Waals surface area contributed by atoms with Crippen LogP contribution in [0.15, 0.2) is 40.9 Å². The van der Waals surface area contributed by atoms with Gasteiger partial charge < -0.3 is 9.63 Å².